The Bertz CT molecular complexity index is 279. The minimum atomic E-state index is 0.714. The molecule has 1 N–H and O–H groups in total. The molecule has 1 saturated carbocycles. The van der Waals surface area contributed by atoms with Gasteiger partial charge in [-0.1, -0.05) is 19.8 Å². The van der Waals surface area contributed by atoms with E-state index in [-0.39, 0.29) is 0 Å². The van der Waals surface area contributed by atoms with E-state index >= 15 is 0 Å². The van der Waals surface area contributed by atoms with Crippen LogP contribution in [0.2, 0.25) is 0 Å². The molecule has 4 unspecified atom stereocenters. The molecule has 0 aromatic carbocycles. The van der Waals surface area contributed by atoms with E-state index in [4.69, 9.17) is 0 Å². The zero-order valence-electron chi connectivity index (χ0n) is 14.1. The molecular formula is C17H35N3. The summed E-state index contributed by atoms with van der Waals surface area (Å²) in [7, 11) is 6.59. The van der Waals surface area contributed by atoms with Crippen molar-refractivity contribution >= 4 is 0 Å². The van der Waals surface area contributed by atoms with Crippen LogP contribution in [-0.2, 0) is 0 Å². The van der Waals surface area contributed by atoms with E-state index in [1.54, 1.807) is 0 Å². The van der Waals surface area contributed by atoms with E-state index in [1.807, 2.05) is 0 Å². The average molecular weight is 281 g/mol. The lowest BCUT2D eigenvalue weighted by Gasteiger charge is -2.44. The summed E-state index contributed by atoms with van der Waals surface area (Å²) in [6, 6.07) is 2.27. The standard InChI is InChI=1S/C17H35N3/c1-5-7-14-9-10-16(18-2)17(12-14)20-11-6-8-15(20)13-19(3)4/h14-18H,5-13H2,1-4H3. The van der Waals surface area contributed by atoms with Crippen molar-refractivity contribution in [1.29, 1.82) is 0 Å². The molecule has 2 aliphatic rings. The van der Waals surface area contributed by atoms with Gasteiger partial charge in [-0.3, -0.25) is 4.90 Å². The summed E-state index contributed by atoms with van der Waals surface area (Å²) in [6.07, 6.45) is 9.79. The zero-order chi connectivity index (χ0) is 14.5. The van der Waals surface area contributed by atoms with Gasteiger partial charge in [0.05, 0.1) is 0 Å². The molecule has 20 heavy (non-hydrogen) atoms. The summed E-state index contributed by atoms with van der Waals surface area (Å²) in [4.78, 5) is 5.21. The van der Waals surface area contributed by atoms with Crippen LogP contribution in [0.25, 0.3) is 0 Å². The normalized spacial score (nSPS) is 35.9. The van der Waals surface area contributed by atoms with Gasteiger partial charge in [0.15, 0.2) is 0 Å². The van der Waals surface area contributed by atoms with Crippen molar-refractivity contribution in [2.45, 2.75) is 70.0 Å². The van der Waals surface area contributed by atoms with Crippen LogP contribution < -0.4 is 5.32 Å². The molecule has 3 nitrogen and oxygen atoms in total. The largest absolute Gasteiger partial charge is 0.315 e. The van der Waals surface area contributed by atoms with Gasteiger partial charge in [-0.05, 0) is 65.7 Å². The molecular weight excluding hydrogens is 246 g/mol. The zero-order valence-corrected chi connectivity index (χ0v) is 14.1. The van der Waals surface area contributed by atoms with Crippen LogP contribution in [0.1, 0.15) is 51.9 Å². The number of hydrogen-bond acceptors (Lipinski definition) is 3. The fraction of sp³-hybridized carbons (Fsp3) is 1.00. The Labute approximate surface area is 126 Å². The lowest BCUT2D eigenvalue weighted by Crippen LogP contribution is -2.55. The Morgan fingerprint density at radius 1 is 1.20 bits per heavy atom. The van der Waals surface area contributed by atoms with Gasteiger partial charge in [-0.2, -0.15) is 0 Å². The van der Waals surface area contributed by atoms with Gasteiger partial charge in [0.1, 0.15) is 0 Å². The third-order valence-corrected chi connectivity index (χ3v) is 5.42. The summed E-state index contributed by atoms with van der Waals surface area (Å²) in [5, 5.41) is 3.61. The highest BCUT2D eigenvalue weighted by atomic mass is 15.3. The van der Waals surface area contributed by atoms with E-state index in [2.05, 4.69) is 43.2 Å². The van der Waals surface area contributed by atoms with Crippen LogP contribution >= 0.6 is 0 Å². The fourth-order valence-electron chi connectivity index (χ4n) is 4.52. The van der Waals surface area contributed by atoms with Crippen molar-refractivity contribution in [3.63, 3.8) is 0 Å². The second-order valence-corrected chi connectivity index (χ2v) is 7.23. The molecule has 0 bridgehead atoms. The van der Waals surface area contributed by atoms with Crippen LogP contribution in [0, 0.1) is 5.92 Å². The van der Waals surface area contributed by atoms with Crippen LogP contribution in [0.4, 0.5) is 0 Å². The molecule has 0 radical (unpaired) electrons. The first-order valence-corrected chi connectivity index (χ1v) is 8.73. The SMILES string of the molecule is CCCC1CCC(NC)C(N2CCCC2CN(C)C)C1. The lowest BCUT2D eigenvalue weighted by molar-refractivity contribution is 0.0762. The Kier molecular flexibility index (Phi) is 6.31. The highest BCUT2D eigenvalue weighted by molar-refractivity contribution is 4.95. The molecule has 1 aliphatic heterocycles. The lowest BCUT2D eigenvalue weighted by atomic mass is 9.79. The third-order valence-electron chi connectivity index (χ3n) is 5.42. The van der Waals surface area contributed by atoms with Gasteiger partial charge in [0.2, 0.25) is 0 Å². The van der Waals surface area contributed by atoms with E-state index in [0.29, 0.717) is 6.04 Å². The smallest absolute Gasteiger partial charge is 0.0255 e. The third kappa shape index (κ3) is 3.96. The topological polar surface area (TPSA) is 18.5 Å². The van der Waals surface area contributed by atoms with E-state index < -0.39 is 0 Å². The number of nitrogens with zero attached hydrogens (tertiary/aromatic N) is 2. The quantitative estimate of drug-likeness (QED) is 0.807. The van der Waals surface area contributed by atoms with Crippen LogP contribution in [-0.4, -0.2) is 62.2 Å². The second kappa shape index (κ2) is 7.77. The summed E-state index contributed by atoms with van der Waals surface area (Å²) in [5.41, 5.74) is 0. The predicted molar refractivity (Wildman–Crippen MR) is 87.2 cm³/mol. The van der Waals surface area contributed by atoms with Crippen molar-refractivity contribution in [1.82, 2.24) is 15.1 Å². The monoisotopic (exact) mass is 281 g/mol. The minimum absolute atomic E-state index is 0.714. The summed E-state index contributed by atoms with van der Waals surface area (Å²) in [6.45, 7) is 4.88. The Morgan fingerprint density at radius 3 is 2.65 bits per heavy atom. The number of nitrogens with one attached hydrogen (secondary N) is 1. The number of likely N-dealkylation sites (N-methyl/N-ethyl adjacent to an activating group) is 2. The van der Waals surface area contributed by atoms with Gasteiger partial charge >= 0.3 is 0 Å². The van der Waals surface area contributed by atoms with Crippen LogP contribution in [0.15, 0.2) is 0 Å². The molecule has 0 amide bonds. The first-order chi connectivity index (χ1) is 9.65. The summed E-state index contributed by atoms with van der Waals surface area (Å²) in [5.74, 6) is 0.968. The van der Waals surface area contributed by atoms with Crippen molar-refractivity contribution in [2.24, 2.45) is 5.92 Å². The van der Waals surface area contributed by atoms with Gasteiger partial charge < -0.3 is 10.2 Å². The Balaban J connectivity index is 2.01. The van der Waals surface area contributed by atoms with Gasteiger partial charge in [0, 0.05) is 24.7 Å². The number of rotatable bonds is 6. The van der Waals surface area contributed by atoms with E-state index in [0.717, 1.165) is 18.0 Å². The Hall–Kier alpha value is -0.120. The second-order valence-electron chi connectivity index (χ2n) is 7.23. The maximum absolute atomic E-state index is 3.61. The Morgan fingerprint density at radius 2 is 2.00 bits per heavy atom. The molecule has 118 valence electrons. The maximum Gasteiger partial charge on any atom is 0.0255 e. The molecule has 0 spiro atoms. The van der Waals surface area contributed by atoms with E-state index in [9.17, 15) is 0 Å². The minimum Gasteiger partial charge on any atom is -0.315 e. The molecule has 1 saturated heterocycles. The summed E-state index contributed by atoms with van der Waals surface area (Å²) < 4.78 is 0. The first kappa shape index (κ1) is 16.3. The fourth-order valence-corrected chi connectivity index (χ4v) is 4.52. The van der Waals surface area contributed by atoms with Crippen molar-refractivity contribution in [3.05, 3.63) is 0 Å². The van der Waals surface area contributed by atoms with Crippen molar-refractivity contribution in [3.8, 4) is 0 Å². The van der Waals surface area contributed by atoms with Gasteiger partial charge in [0.25, 0.3) is 0 Å². The molecule has 1 heterocycles. The van der Waals surface area contributed by atoms with Crippen molar-refractivity contribution in [2.75, 3.05) is 34.2 Å². The van der Waals surface area contributed by atoms with Crippen LogP contribution in [0.3, 0.4) is 0 Å². The number of hydrogen-bond donors (Lipinski definition) is 1. The van der Waals surface area contributed by atoms with Gasteiger partial charge in [-0.25, -0.2) is 0 Å². The number of likely N-dealkylation sites (tertiary alicyclic amines) is 1. The average Bonchev–Trinajstić information content (AvgIpc) is 2.86. The highest BCUT2D eigenvalue weighted by Crippen LogP contribution is 2.34. The predicted octanol–water partition coefficient (Wildman–Crippen LogP) is 2.57. The highest BCUT2D eigenvalue weighted by Gasteiger charge is 2.38. The molecule has 2 rings (SSSR count). The molecule has 3 heteroatoms. The van der Waals surface area contributed by atoms with Gasteiger partial charge in [-0.15, -0.1) is 0 Å². The van der Waals surface area contributed by atoms with Crippen LogP contribution in [0.5, 0.6) is 0 Å². The maximum atomic E-state index is 3.61. The molecule has 4 atom stereocenters. The van der Waals surface area contributed by atoms with E-state index in [1.165, 1.54) is 58.0 Å². The molecule has 0 aromatic heterocycles. The first-order valence-electron chi connectivity index (χ1n) is 8.73. The molecule has 1 aliphatic carbocycles. The van der Waals surface area contributed by atoms with Crippen molar-refractivity contribution < 1.29 is 0 Å². The molecule has 0 aromatic rings. The summed E-state index contributed by atoms with van der Waals surface area (Å²) >= 11 is 0. The molecule has 2 fully saturated rings.